The molecule has 4 rings (SSSR count). The Hall–Kier alpha value is -3.98. The molecule has 1 heterocycles. The van der Waals surface area contributed by atoms with Gasteiger partial charge in [-0.3, -0.25) is 19.5 Å². The summed E-state index contributed by atoms with van der Waals surface area (Å²) in [6.45, 7) is 4.02. The van der Waals surface area contributed by atoms with Gasteiger partial charge in [-0.2, -0.15) is 0 Å². The van der Waals surface area contributed by atoms with Crippen LogP contribution in [-0.2, 0) is 17.0 Å². The number of aryl methyl sites for hydroxylation is 1. The van der Waals surface area contributed by atoms with Crippen LogP contribution in [0, 0.1) is 17.0 Å². The lowest BCUT2D eigenvalue weighted by Gasteiger charge is -2.20. The van der Waals surface area contributed by atoms with Gasteiger partial charge in [0.05, 0.1) is 11.0 Å². The first-order valence-corrected chi connectivity index (χ1v) is 13.1. The minimum atomic E-state index is -0.433. The molecule has 1 N–H and O–H groups in total. The molecule has 1 amide bonds. The molecule has 4 aromatic rings. The number of benzene rings is 3. The molecule has 8 nitrogen and oxygen atoms in total. The number of hydrogen-bond donors (Lipinski definition) is 1. The minimum absolute atomic E-state index is 0.00409. The standard InChI is InChI=1S/C28H29N5O3S/c1-3-8-26(34)29-25(18-21-10-5-4-6-11-21)27-30-31-28(37-19-22-12-7-9-20(2)17-22)32(27)23-13-15-24(16-14-23)33(35)36/h4-7,9-17,25H,3,8,18-19H2,1-2H3,(H,29,34). The Morgan fingerprint density at radius 3 is 2.43 bits per heavy atom. The summed E-state index contributed by atoms with van der Waals surface area (Å²) in [5, 5.41) is 24.0. The number of thioether (sulfide) groups is 1. The Balaban J connectivity index is 1.74. The summed E-state index contributed by atoms with van der Waals surface area (Å²) < 4.78 is 1.89. The van der Waals surface area contributed by atoms with E-state index in [0.717, 1.165) is 17.5 Å². The number of carbonyl (C=O) groups excluding carboxylic acids is 1. The highest BCUT2D eigenvalue weighted by Gasteiger charge is 2.25. The molecule has 9 heteroatoms. The Morgan fingerprint density at radius 2 is 1.76 bits per heavy atom. The molecule has 190 valence electrons. The molecule has 3 aromatic carbocycles. The zero-order chi connectivity index (χ0) is 26.2. The van der Waals surface area contributed by atoms with Gasteiger partial charge >= 0.3 is 0 Å². The van der Waals surface area contributed by atoms with Crippen molar-refractivity contribution < 1.29 is 9.72 Å². The van der Waals surface area contributed by atoms with Crippen LogP contribution in [0.4, 0.5) is 5.69 Å². The van der Waals surface area contributed by atoms with Crippen LogP contribution in [0.1, 0.15) is 48.3 Å². The average Bonchev–Trinajstić information content (AvgIpc) is 3.32. The molecule has 0 saturated carbocycles. The van der Waals surface area contributed by atoms with E-state index in [4.69, 9.17) is 0 Å². The Labute approximate surface area is 220 Å². The first-order valence-electron chi connectivity index (χ1n) is 12.2. The minimum Gasteiger partial charge on any atom is -0.346 e. The fourth-order valence-corrected chi connectivity index (χ4v) is 4.97. The quantitative estimate of drug-likeness (QED) is 0.150. The van der Waals surface area contributed by atoms with E-state index in [1.165, 1.54) is 29.5 Å². The second-order valence-corrected chi connectivity index (χ2v) is 9.73. The topological polar surface area (TPSA) is 103 Å². The molecule has 0 spiro atoms. The van der Waals surface area contributed by atoms with Gasteiger partial charge in [-0.25, -0.2) is 0 Å². The molecular formula is C28H29N5O3S. The number of carbonyl (C=O) groups is 1. The van der Waals surface area contributed by atoms with E-state index in [9.17, 15) is 14.9 Å². The molecule has 0 bridgehead atoms. The highest BCUT2D eigenvalue weighted by atomic mass is 32.2. The van der Waals surface area contributed by atoms with Gasteiger partial charge in [0.2, 0.25) is 5.91 Å². The highest BCUT2D eigenvalue weighted by molar-refractivity contribution is 7.98. The summed E-state index contributed by atoms with van der Waals surface area (Å²) in [6.07, 6.45) is 1.67. The molecular weight excluding hydrogens is 486 g/mol. The fourth-order valence-electron chi connectivity index (χ4n) is 4.07. The van der Waals surface area contributed by atoms with Gasteiger partial charge in [-0.05, 0) is 43.0 Å². The van der Waals surface area contributed by atoms with Crippen molar-refractivity contribution >= 4 is 23.4 Å². The van der Waals surface area contributed by atoms with E-state index in [2.05, 4.69) is 40.6 Å². The maximum Gasteiger partial charge on any atom is 0.269 e. The number of rotatable bonds is 11. The molecule has 0 aliphatic carbocycles. The average molecular weight is 516 g/mol. The number of nitro benzene ring substituents is 1. The molecule has 0 radical (unpaired) electrons. The lowest BCUT2D eigenvalue weighted by molar-refractivity contribution is -0.384. The van der Waals surface area contributed by atoms with Gasteiger partial charge in [-0.15, -0.1) is 10.2 Å². The maximum atomic E-state index is 12.7. The van der Waals surface area contributed by atoms with Gasteiger partial charge in [0.15, 0.2) is 11.0 Å². The van der Waals surface area contributed by atoms with Crippen molar-refractivity contribution in [3.63, 3.8) is 0 Å². The summed E-state index contributed by atoms with van der Waals surface area (Å²) in [7, 11) is 0. The Morgan fingerprint density at radius 1 is 1.03 bits per heavy atom. The summed E-state index contributed by atoms with van der Waals surface area (Å²) in [4.78, 5) is 23.5. The number of aromatic nitrogens is 3. The molecule has 0 aliphatic heterocycles. The summed E-state index contributed by atoms with van der Waals surface area (Å²) in [5.41, 5.74) is 4.08. The summed E-state index contributed by atoms with van der Waals surface area (Å²) in [5.74, 6) is 1.20. The van der Waals surface area contributed by atoms with Crippen LogP contribution in [0.25, 0.3) is 5.69 Å². The second kappa shape index (κ2) is 12.3. The lowest BCUT2D eigenvalue weighted by Crippen LogP contribution is -2.31. The van der Waals surface area contributed by atoms with Crippen molar-refractivity contribution in [3.05, 3.63) is 111 Å². The van der Waals surface area contributed by atoms with Crippen LogP contribution in [-0.4, -0.2) is 25.6 Å². The van der Waals surface area contributed by atoms with Crippen LogP contribution in [0.2, 0.25) is 0 Å². The third kappa shape index (κ3) is 6.83. The summed E-state index contributed by atoms with van der Waals surface area (Å²) >= 11 is 1.53. The molecule has 1 aromatic heterocycles. The van der Waals surface area contributed by atoms with Gasteiger partial charge in [0.25, 0.3) is 5.69 Å². The predicted octanol–water partition coefficient (Wildman–Crippen LogP) is 5.98. The number of amides is 1. The van der Waals surface area contributed by atoms with Crippen molar-refractivity contribution in [2.24, 2.45) is 0 Å². The first kappa shape index (κ1) is 26.1. The second-order valence-electron chi connectivity index (χ2n) is 8.79. The van der Waals surface area contributed by atoms with Crippen LogP contribution in [0.3, 0.4) is 0 Å². The largest absolute Gasteiger partial charge is 0.346 e. The number of nitrogens with one attached hydrogen (secondary N) is 1. The van der Waals surface area contributed by atoms with Gasteiger partial charge in [-0.1, -0.05) is 78.8 Å². The van der Waals surface area contributed by atoms with Crippen LogP contribution >= 0.6 is 11.8 Å². The monoisotopic (exact) mass is 515 g/mol. The molecule has 0 aliphatic rings. The predicted molar refractivity (Wildman–Crippen MR) is 145 cm³/mol. The van der Waals surface area contributed by atoms with Crippen molar-refractivity contribution in [3.8, 4) is 5.69 Å². The van der Waals surface area contributed by atoms with Crippen molar-refractivity contribution in [1.29, 1.82) is 0 Å². The van der Waals surface area contributed by atoms with Gasteiger partial charge in [0.1, 0.15) is 0 Å². The van der Waals surface area contributed by atoms with E-state index in [1.54, 1.807) is 12.1 Å². The maximum absolute atomic E-state index is 12.7. The lowest BCUT2D eigenvalue weighted by atomic mass is 10.0. The SMILES string of the molecule is CCCC(=O)NC(Cc1ccccc1)c1nnc(SCc2cccc(C)c2)n1-c1ccc([N+](=O)[O-])cc1. The third-order valence-electron chi connectivity index (χ3n) is 5.83. The van der Waals surface area contributed by atoms with Gasteiger partial charge in [0, 0.05) is 30.0 Å². The van der Waals surface area contributed by atoms with Crippen molar-refractivity contribution in [1.82, 2.24) is 20.1 Å². The number of nitrogens with zero attached hydrogens (tertiary/aromatic N) is 4. The number of hydrogen-bond acceptors (Lipinski definition) is 6. The normalized spacial score (nSPS) is 11.7. The number of non-ortho nitro benzene ring substituents is 1. The molecule has 37 heavy (non-hydrogen) atoms. The Bertz CT molecular complexity index is 1360. The zero-order valence-corrected chi connectivity index (χ0v) is 21.6. The number of nitro groups is 1. The fraction of sp³-hybridized carbons (Fsp3) is 0.250. The molecule has 1 unspecified atom stereocenters. The van der Waals surface area contributed by atoms with Crippen molar-refractivity contribution in [2.75, 3.05) is 0 Å². The van der Waals surface area contributed by atoms with Crippen LogP contribution in [0.15, 0.2) is 84.0 Å². The summed E-state index contributed by atoms with van der Waals surface area (Å²) in [6, 6.07) is 24.1. The van der Waals surface area contributed by atoms with E-state index >= 15 is 0 Å². The van der Waals surface area contributed by atoms with E-state index < -0.39 is 11.0 Å². The molecule has 0 saturated heterocycles. The zero-order valence-electron chi connectivity index (χ0n) is 20.8. The molecule has 1 atom stereocenters. The first-order chi connectivity index (χ1) is 17.9. The van der Waals surface area contributed by atoms with Crippen molar-refractivity contribution in [2.45, 2.75) is 50.1 Å². The van der Waals surface area contributed by atoms with Crippen LogP contribution < -0.4 is 5.32 Å². The smallest absolute Gasteiger partial charge is 0.269 e. The molecule has 0 fully saturated rings. The van der Waals surface area contributed by atoms with E-state index in [0.29, 0.717) is 35.3 Å². The van der Waals surface area contributed by atoms with Crippen LogP contribution in [0.5, 0.6) is 0 Å². The Kier molecular flexibility index (Phi) is 8.68. The third-order valence-corrected chi connectivity index (χ3v) is 6.83. The van der Waals surface area contributed by atoms with Gasteiger partial charge < -0.3 is 5.32 Å². The van der Waals surface area contributed by atoms with E-state index in [-0.39, 0.29) is 11.6 Å². The highest BCUT2D eigenvalue weighted by Crippen LogP contribution is 2.30. The van der Waals surface area contributed by atoms with E-state index in [1.807, 2.05) is 47.9 Å².